The summed E-state index contributed by atoms with van der Waals surface area (Å²) in [5, 5.41) is 0. The van der Waals surface area contributed by atoms with E-state index in [1.165, 1.54) is 26.0 Å². The number of rotatable bonds is 6. The molecule has 0 rings (SSSR count). The third kappa shape index (κ3) is 5.30. The Bertz CT molecular complexity index is 458. The zero-order valence-electron chi connectivity index (χ0n) is 12.8. The van der Waals surface area contributed by atoms with Crippen molar-refractivity contribution in [1.82, 2.24) is 0 Å². The number of ether oxygens (including phenoxy) is 1. The lowest BCUT2D eigenvalue weighted by atomic mass is 10.2. The van der Waals surface area contributed by atoms with Gasteiger partial charge in [-0.25, -0.2) is 0 Å². The Morgan fingerprint density at radius 2 is 1.60 bits per heavy atom. The summed E-state index contributed by atoms with van der Waals surface area (Å²) in [6.07, 6.45) is 0. The summed E-state index contributed by atoms with van der Waals surface area (Å²) < 4.78 is 27.1. The highest BCUT2D eigenvalue weighted by atomic mass is 32.2. The van der Waals surface area contributed by atoms with Crippen LogP contribution in [-0.2, 0) is 23.1 Å². The molecule has 0 heterocycles. The van der Waals surface area contributed by atoms with E-state index in [1.807, 2.05) is 0 Å². The zero-order valence-corrected chi connectivity index (χ0v) is 15.3. The first-order valence-electron chi connectivity index (χ1n) is 5.81. The van der Waals surface area contributed by atoms with Gasteiger partial charge in [0.1, 0.15) is 4.75 Å². The lowest BCUT2D eigenvalue weighted by molar-refractivity contribution is -0.140. The molecule has 0 amide bonds. The van der Waals surface area contributed by atoms with Gasteiger partial charge in [0.15, 0.2) is 0 Å². The molecule has 5 nitrogen and oxygen atoms in total. The monoisotopic (exact) mass is 340 g/mol. The van der Waals surface area contributed by atoms with Gasteiger partial charge in [0.2, 0.25) is 5.50 Å². The van der Waals surface area contributed by atoms with Crippen LogP contribution in [0.15, 0.2) is 11.1 Å². The van der Waals surface area contributed by atoms with Gasteiger partial charge in [-0.1, -0.05) is 12.2 Å². The molecule has 0 atom stereocenters. The van der Waals surface area contributed by atoms with Gasteiger partial charge >= 0.3 is 13.6 Å². The van der Waals surface area contributed by atoms with Crippen LogP contribution in [0.25, 0.3) is 0 Å². The lowest BCUT2D eigenvalue weighted by Gasteiger charge is -2.24. The van der Waals surface area contributed by atoms with E-state index < -0.39 is 18.3 Å². The quantitative estimate of drug-likeness (QED) is 0.312. The Morgan fingerprint density at radius 3 is 1.90 bits per heavy atom. The first kappa shape index (κ1) is 19.8. The van der Waals surface area contributed by atoms with Crippen molar-refractivity contribution in [3.8, 4) is 0 Å². The summed E-state index contributed by atoms with van der Waals surface area (Å²) in [6.45, 7) is 8.42. The van der Waals surface area contributed by atoms with Gasteiger partial charge in [0, 0.05) is 18.4 Å². The molecule has 0 saturated carbocycles. The minimum atomic E-state index is -3.61. The first-order chi connectivity index (χ1) is 9.00. The van der Waals surface area contributed by atoms with E-state index in [4.69, 9.17) is 26.0 Å². The molecular weight excluding hydrogens is 319 g/mol. The fraction of sp³-hybridized carbons (Fsp3) is 0.667. The summed E-state index contributed by atoms with van der Waals surface area (Å²) in [6, 6.07) is 0. The molecule has 0 aliphatic heterocycles. The number of hydrogen-bond acceptors (Lipinski definition) is 7. The molecule has 20 heavy (non-hydrogen) atoms. The number of thiocarbonyl (C=S) groups is 1. The number of allylic oxidation sites excluding steroid dienone is 1. The molecule has 0 aliphatic carbocycles. The SMILES string of the molecule is COP(=O)(OC)C(OC(=O)C(C)(C)SC(C)=S)=C(C)C. The Balaban J connectivity index is 5.35. The van der Waals surface area contributed by atoms with Crippen LogP contribution in [-0.4, -0.2) is 29.1 Å². The normalized spacial score (nSPS) is 11.9. The van der Waals surface area contributed by atoms with Gasteiger partial charge in [-0.15, -0.1) is 11.8 Å². The van der Waals surface area contributed by atoms with Gasteiger partial charge in [0.25, 0.3) is 0 Å². The van der Waals surface area contributed by atoms with Gasteiger partial charge < -0.3 is 13.8 Å². The van der Waals surface area contributed by atoms with Crippen molar-refractivity contribution in [3.05, 3.63) is 11.1 Å². The van der Waals surface area contributed by atoms with Crippen LogP contribution in [0.3, 0.4) is 0 Å². The molecular formula is C12H21O5PS2. The van der Waals surface area contributed by atoms with Crippen LogP contribution in [0, 0.1) is 0 Å². The molecule has 0 spiro atoms. The van der Waals surface area contributed by atoms with Crippen molar-refractivity contribution < 1.29 is 23.1 Å². The van der Waals surface area contributed by atoms with Crippen molar-refractivity contribution >= 4 is 41.7 Å². The maximum atomic E-state index is 12.4. The van der Waals surface area contributed by atoms with Crippen LogP contribution in [0.5, 0.6) is 0 Å². The molecule has 8 heteroatoms. The minimum Gasteiger partial charge on any atom is -0.417 e. The third-order valence-electron chi connectivity index (χ3n) is 2.24. The van der Waals surface area contributed by atoms with E-state index in [9.17, 15) is 9.36 Å². The second-order valence-electron chi connectivity index (χ2n) is 4.66. The van der Waals surface area contributed by atoms with Crippen LogP contribution in [0.1, 0.15) is 34.6 Å². The van der Waals surface area contributed by atoms with Crippen molar-refractivity contribution in [3.63, 3.8) is 0 Å². The topological polar surface area (TPSA) is 61.8 Å². The van der Waals surface area contributed by atoms with Crippen molar-refractivity contribution in [2.24, 2.45) is 0 Å². The van der Waals surface area contributed by atoms with Crippen LogP contribution < -0.4 is 0 Å². The maximum absolute atomic E-state index is 12.4. The summed E-state index contributed by atoms with van der Waals surface area (Å²) in [5.41, 5.74) is 0.466. The Kier molecular flexibility index (Phi) is 7.63. The van der Waals surface area contributed by atoms with Crippen molar-refractivity contribution in [1.29, 1.82) is 0 Å². The van der Waals surface area contributed by atoms with E-state index in [1.54, 1.807) is 34.6 Å². The molecule has 0 unspecified atom stereocenters. The number of thioether (sulfide) groups is 1. The number of carbonyl (C=O) groups is 1. The Morgan fingerprint density at radius 1 is 1.15 bits per heavy atom. The number of hydrogen-bond donors (Lipinski definition) is 0. The highest BCUT2D eigenvalue weighted by Gasteiger charge is 2.38. The van der Waals surface area contributed by atoms with Crippen LogP contribution in [0.2, 0.25) is 0 Å². The summed E-state index contributed by atoms with van der Waals surface area (Å²) in [7, 11) is -1.13. The highest BCUT2D eigenvalue weighted by molar-refractivity contribution is 8.24. The smallest absolute Gasteiger partial charge is 0.395 e. The average Bonchev–Trinajstić information content (AvgIpc) is 2.32. The standard InChI is InChI=1S/C12H21O5PS2/c1-8(2)10(18(14,15-6)16-7)17-11(13)12(4,5)20-9(3)19/h1-7H3. The summed E-state index contributed by atoms with van der Waals surface area (Å²) in [5.74, 6) is -0.558. The predicted octanol–water partition coefficient (Wildman–Crippen LogP) is 4.13. The largest absolute Gasteiger partial charge is 0.417 e. The third-order valence-corrected chi connectivity index (χ3v) is 5.45. The molecule has 116 valence electrons. The minimum absolute atomic E-state index is 0.0804. The molecule has 0 aromatic carbocycles. The number of esters is 1. The molecule has 0 N–H and O–H groups in total. The second kappa shape index (κ2) is 7.71. The first-order valence-corrected chi connectivity index (χ1v) is 8.58. The number of carbonyl (C=O) groups excluding carboxylic acids is 1. The molecule has 0 radical (unpaired) electrons. The fourth-order valence-corrected chi connectivity index (χ4v) is 3.98. The maximum Gasteiger partial charge on any atom is 0.395 e. The van der Waals surface area contributed by atoms with E-state index in [-0.39, 0.29) is 5.50 Å². The highest BCUT2D eigenvalue weighted by Crippen LogP contribution is 2.56. The van der Waals surface area contributed by atoms with Crippen molar-refractivity contribution in [2.45, 2.75) is 39.4 Å². The molecule has 0 aromatic heterocycles. The fourth-order valence-electron chi connectivity index (χ4n) is 1.28. The zero-order chi connectivity index (χ0) is 16.1. The Labute approximate surface area is 130 Å². The second-order valence-corrected chi connectivity index (χ2v) is 9.50. The van der Waals surface area contributed by atoms with E-state index in [0.717, 1.165) is 0 Å². The summed E-state index contributed by atoms with van der Waals surface area (Å²) in [4.78, 5) is 12.2. The lowest BCUT2D eigenvalue weighted by Crippen LogP contribution is -2.31. The molecule has 0 aliphatic rings. The molecule has 0 aromatic rings. The molecule has 0 saturated heterocycles. The predicted molar refractivity (Wildman–Crippen MR) is 86.0 cm³/mol. The molecule has 0 fully saturated rings. The average molecular weight is 340 g/mol. The van der Waals surface area contributed by atoms with Gasteiger partial charge in [0.05, 0.1) is 0 Å². The van der Waals surface area contributed by atoms with E-state index in [2.05, 4.69) is 0 Å². The van der Waals surface area contributed by atoms with Gasteiger partial charge in [-0.2, -0.15) is 0 Å². The van der Waals surface area contributed by atoms with E-state index in [0.29, 0.717) is 9.77 Å². The molecule has 0 bridgehead atoms. The van der Waals surface area contributed by atoms with Gasteiger partial charge in [-0.3, -0.25) is 9.36 Å². The summed E-state index contributed by atoms with van der Waals surface area (Å²) >= 11 is 6.19. The van der Waals surface area contributed by atoms with Gasteiger partial charge in [-0.05, 0) is 40.2 Å². The van der Waals surface area contributed by atoms with Crippen LogP contribution >= 0.6 is 31.6 Å². The van der Waals surface area contributed by atoms with Crippen molar-refractivity contribution in [2.75, 3.05) is 14.2 Å². The van der Waals surface area contributed by atoms with E-state index >= 15 is 0 Å². The van der Waals surface area contributed by atoms with Crippen LogP contribution in [0.4, 0.5) is 0 Å². The Hall–Kier alpha value is -0.200.